The summed E-state index contributed by atoms with van der Waals surface area (Å²) in [6, 6.07) is 8.03. The number of benzene rings is 1. The summed E-state index contributed by atoms with van der Waals surface area (Å²) >= 11 is 3.44. The van der Waals surface area contributed by atoms with Crippen LogP contribution in [0.3, 0.4) is 0 Å². The Hall–Kier alpha value is -1.75. The quantitative estimate of drug-likeness (QED) is 0.798. The highest BCUT2D eigenvalue weighted by Gasteiger charge is 2.24. The molecule has 1 aromatic heterocycles. The molecule has 1 atom stereocenters. The molecular formula is C15H12BrNO3. The van der Waals surface area contributed by atoms with Crippen molar-refractivity contribution in [2.24, 2.45) is 0 Å². The van der Waals surface area contributed by atoms with E-state index in [2.05, 4.69) is 27.0 Å². The lowest BCUT2D eigenvalue weighted by Gasteiger charge is -2.25. The van der Waals surface area contributed by atoms with Gasteiger partial charge in [-0.05, 0) is 52.5 Å². The Bertz CT molecular complexity index is 674. The van der Waals surface area contributed by atoms with E-state index in [0.29, 0.717) is 6.79 Å². The van der Waals surface area contributed by atoms with Crippen LogP contribution in [0.25, 0.3) is 0 Å². The van der Waals surface area contributed by atoms with Gasteiger partial charge in [-0.25, -0.2) is 4.98 Å². The Morgan fingerprint density at radius 1 is 1.15 bits per heavy atom. The van der Waals surface area contributed by atoms with Crippen LogP contribution in [0.4, 0.5) is 0 Å². The van der Waals surface area contributed by atoms with Crippen LogP contribution in [0.2, 0.25) is 0 Å². The van der Waals surface area contributed by atoms with Crippen LogP contribution in [-0.2, 0) is 6.42 Å². The van der Waals surface area contributed by atoms with Crippen LogP contribution >= 0.6 is 15.9 Å². The number of ether oxygens (including phenoxy) is 3. The number of rotatable bonds is 1. The second kappa shape index (κ2) is 4.66. The van der Waals surface area contributed by atoms with E-state index in [0.717, 1.165) is 45.8 Å². The molecule has 3 heterocycles. The van der Waals surface area contributed by atoms with Gasteiger partial charge in [-0.3, -0.25) is 0 Å². The van der Waals surface area contributed by atoms with Gasteiger partial charge in [0.2, 0.25) is 12.7 Å². The Balaban J connectivity index is 1.63. The van der Waals surface area contributed by atoms with Crippen LogP contribution in [0, 0.1) is 0 Å². The number of aryl methyl sites for hydroxylation is 1. The predicted molar refractivity (Wildman–Crippen MR) is 76.2 cm³/mol. The summed E-state index contributed by atoms with van der Waals surface area (Å²) in [6.45, 7) is 0.294. The Morgan fingerprint density at radius 3 is 3.00 bits per heavy atom. The molecule has 102 valence electrons. The smallest absolute Gasteiger partial charge is 0.231 e. The highest BCUT2D eigenvalue weighted by Crippen LogP contribution is 2.39. The molecule has 1 aromatic carbocycles. The predicted octanol–water partition coefficient (Wildman–Crippen LogP) is 3.64. The van der Waals surface area contributed by atoms with Crippen LogP contribution in [0.1, 0.15) is 23.7 Å². The van der Waals surface area contributed by atoms with Crippen LogP contribution < -0.4 is 14.2 Å². The molecule has 0 amide bonds. The van der Waals surface area contributed by atoms with E-state index in [9.17, 15) is 0 Å². The molecule has 0 bridgehead atoms. The van der Waals surface area contributed by atoms with Crippen LogP contribution in [0.15, 0.2) is 34.9 Å². The zero-order valence-electron chi connectivity index (χ0n) is 10.6. The van der Waals surface area contributed by atoms with Crippen molar-refractivity contribution in [2.45, 2.75) is 18.9 Å². The lowest BCUT2D eigenvalue weighted by molar-refractivity contribution is 0.166. The molecule has 0 aliphatic carbocycles. The topological polar surface area (TPSA) is 40.6 Å². The first-order valence-electron chi connectivity index (χ1n) is 6.50. The number of aromatic nitrogens is 1. The number of halogens is 1. The second-order valence-electron chi connectivity index (χ2n) is 4.88. The van der Waals surface area contributed by atoms with Gasteiger partial charge >= 0.3 is 0 Å². The lowest BCUT2D eigenvalue weighted by atomic mass is 9.99. The van der Waals surface area contributed by atoms with Crippen molar-refractivity contribution in [3.8, 4) is 17.4 Å². The van der Waals surface area contributed by atoms with E-state index in [1.54, 1.807) is 6.20 Å². The standard InChI is InChI=1S/C15H12BrNO3/c16-11-5-10-2-3-12(20-15(10)17-7-11)9-1-4-13-14(6-9)19-8-18-13/h1,4-7,12H,2-3,8H2. The summed E-state index contributed by atoms with van der Waals surface area (Å²) in [5.41, 5.74) is 2.25. The second-order valence-corrected chi connectivity index (χ2v) is 5.79. The number of hydrogen-bond donors (Lipinski definition) is 0. The molecular weight excluding hydrogens is 322 g/mol. The van der Waals surface area contributed by atoms with E-state index in [4.69, 9.17) is 14.2 Å². The number of hydrogen-bond acceptors (Lipinski definition) is 4. The Labute approximate surface area is 124 Å². The van der Waals surface area contributed by atoms with Gasteiger partial charge in [-0.2, -0.15) is 0 Å². The molecule has 2 aromatic rings. The molecule has 2 aliphatic heterocycles. The average Bonchev–Trinajstić information content (AvgIpc) is 2.94. The molecule has 0 spiro atoms. The van der Waals surface area contributed by atoms with Crippen molar-refractivity contribution in [1.29, 1.82) is 0 Å². The van der Waals surface area contributed by atoms with Gasteiger partial charge in [0.05, 0.1) is 0 Å². The SMILES string of the molecule is Brc1cnc2c(c1)CCC(c1ccc3c(c1)OCO3)O2. The largest absolute Gasteiger partial charge is 0.469 e. The van der Waals surface area contributed by atoms with Gasteiger partial charge in [-0.1, -0.05) is 6.07 Å². The van der Waals surface area contributed by atoms with Gasteiger partial charge in [-0.15, -0.1) is 0 Å². The van der Waals surface area contributed by atoms with Crippen molar-refractivity contribution >= 4 is 15.9 Å². The van der Waals surface area contributed by atoms with Crippen molar-refractivity contribution < 1.29 is 14.2 Å². The highest BCUT2D eigenvalue weighted by atomic mass is 79.9. The first kappa shape index (κ1) is 12.0. The van der Waals surface area contributed by atoms with E-state index in [1.165, 1.54) is 0 Å². The molecule has 1 unspecified atom stereocenters. The van der Waals surface area contributed by atoms with Crippen LogP contribution in [0.5, 0.6) is 17.4 Å². The average molecular weight is 334 g/mol. The van der Waals surface area contributed by atoms with Gasteiger partial charge in [0, 0.05) is 16.2 Å². The maximum atomic E-state index is 6.00. The Morgan fingerprint density at radius 2 is 2.05 bits per heavy atom. The van der Waals surface area contributed by atoms with Gasteiger partial charge in [0.15, 0.2) is 11.5 Å². The minimum Gasteiger partial charge on any atom is -0.469 e. The third-order valence-electron chi connectivity index (χ3n) is 3.59. The third-order valence-corrected chi connectivity index (χ3v) is 4.02. The van der Waals surface area contributed by atoms with Gasteiger partial charge in [0.25, 0.3) is 0 Å². The highest BCUT2D eigenvalue weighted by molar-refractivity contribution is 9.10. The van der Waals surface area contributed by atoms with Gasteiger partial charge < -0.3 is 14.2 Å². The first-order chi connectivity index (χ1) is 9.79. The number of pyridine rings is 1. The third kappa shape index (κ3) is 2.02. The van der Waals surface area contributed by atoms with E-state index >= 15 is 0 Å². The number of fused-ring (bicyclic) bond motifs is 2. The minimum absolute atomic E-state index is 0.0191. The summed E-state index contributed by atoms with van der Waals surface area (Å²) in [5, 5.41) is 0. The molecule has 4 nitrogen and oxygen atoms in total. The summed E-state index contributed by atoms with van der Waals surface area (Å²) < 4.78 is 17.7. The molecule has 0 N–H and O–H groups in total. The van der Waals surface area contributed by atoms with E-state index in [-0.39, 0.29) is 6.10 Å². The summed E-state index contributed by atoms with van der Waals surface area (Å²) in [6.07, 6.45) is 3.68. The fourth-order valence-corrected chi connectivity index (χ4v) is 2.96. The molecule has 0 saturated carbocycles. The summed E-state index contributed by atoms with van der Waals surface area (Å²) in [5.74, 6) is 2.31. The van der Waals surface area contributed by atoms with Crippen molar-refractivity contribution in [2.75, 3.05) is 6.79 Å². The molecule has 0 saturated heterocycles. The van der Waals surface area contributed by atoms with Crippen molar-refractivity contribution in [3.63, 3.8) is 0 Å². The van der Waals surface area contributed by atoms with E-state index in [1.807, 2.05) is 18.2 Å². The van der Waals surface area contributed by atoms with E-state index < -0.39 is 0 Å². The molecule has 0 fully saturated rings. The maximum Gasteiger partial charge on any atom is 0.231 e. The zero-order chi connectivity index (χ0) is 13.5. The maximum absolute atomic E-state index is 6.00. The van der Waals surface area contributed by atoms with Crippen LogP contribution in [-0.4, -0.2) is 11.8 Å². The van der Waals surface area contributed by atoms with Crippen molar-refractivity contribution in [1.82, 2.24) is 4.98 Å². The monoisotopic (exact) mass is 333 g/mol. The molecule has 20 heavy (non-hydrogen) atoms. The normalized spacial score (nSPS) is 19.4. The summed E-state index contributed by atoms with van der Waals surface area (Å²) in [4.78, 5) is 4.34. The molecule has 0 radical (unpaired) electrons. The fourth-order valence-electron chi connectivity index (χ4n) is 2.58. The molecule has 4 rings (SSSR count). The first-order valence-corrected chi connectivity index (χ1v) is 7.29. The minimum atomic E-state index is 0.0191. The van der Waals surface area contributed by atoms with Crippen molar-refractivity contribution in [3.05, 3.63) is 46.1 Å². The number of nitrogens with zero attached hydrogens (tertiary/aromatic N) is 1. The molecule has 5 heteroatoms. The fraction of sp³-hybridized carbons (Fsp3) is 0.267. The van der Waals surface area contributed by atoms with Gasteiger partial charge in [0.1, 0.15) is 6.10 Å². The molecule has 2 aliphatic rings. The lowest BCUT2D eigenvalue weighted by Crippen LogP contribution is -2.16. The Kier molecular flexibility index (Phi) is 2.80. The zero-order valence-corrected chi connectivity index (χ0v) is 12.2. The summed E-state index contributed by atoms with van der Waals surface area (Å²) in [7, 11) is 0.